The van der Waals surface area contributed by atoms with E-state index in [9.17, 15) is 22.8 Å². The molecule has 0 fully saturated rings. The maximum atomic E-state index is 12.5. The number of halogens is 3. The van der Waals surface area contributed by atoms with E-state index in [1.165, 1.54) is 24.1 Å². The summed E-state index contributed by atoms with van der Waals surface area (Å²) >= 11 is 0. The molecule has 0 aliphatic heterocycles. The van der Waals surface area contributed by atoms with Gasteiger partial charge in [0.15, 0.2) is 0 Å². The molecule has 2 aromatic rings. The number of ether oxygens (including phenoxy) is 2. The van der Waals surface area contributed by atoms with E-state index in [-0.39, 0.29) is 18.7 Å². The largest absolute Gasteiger partial charge is 0.573 e. The molecule has 0 heterocycles. The first-order valence-corrected chi connectivity index (χ1v) is 8.31. The van der Waals surface area contributed by atoms with Crippen molar-refractivity contribution in [3.05, 3.63) is 54.1 Å². The lowest BCUT2D eigenvalue weighted by molar-refractivity contribution is -0.274. The molecule has 0 saturated heterocycles. The molecule has 2 rings (SSSR count). The van der Waals surface area contributed by atoms with Gasteiger partial charge in [0.1, 0.15) is 18.0 Å². The Bertz CT molecular complexity index is 823. The fourth-order valence-corrected chi connectivity index (χ4v) is 2.38. The Morgan fingerprint density at radius 3 is 2.32 bits per heavy atom. The number of nitrogens with one attached hydrogen (secondary N) is 1. The lowest BCUT2D eigenvalue weighted by Crippen LogP contribution is -2.37. The number of anilines is 1. The summed E-state index contributed by atoms with van der Waals surface area (Å²) in [5.41, 5.74) is 0.659. The summed E-state index contributed by atoms with van der Waals surface area (Å²) in [4.78, 5) is 26.0. The second-order valence-corrected chi connectivity index (χ2v) is 5.67. The van der Waals surface area contributed by atoms with Gasteiger partial charge in [0, 0.05) is 23.9 Å². The van der Waals surface area contributed by atoms with Crippen molar-refractivity contribution in [3.63, 3.8) is 0 Å². The molecular weight excluding hydrogens is 377 g/mol. The van der Waals surface area contributed by atoms with E-state index in [0.717, 1.165) is 12.1 Å². The predicted molar refractivity (Wildman–Crippen MR) is 96.3 cm³/mol. The number of benzene rings is 2. The quantitative estimate of drug-likeness (QED) is 0.775. The zero-order chi connectivity index (χ0) is 20.7. The maximum Gasteiger partial charge on any atom is 0.573 e. The Hall–Kier alpha value is -3.23. The summed E-state index contributed by atoms with van der Waals surface area (Å²) in [5, 5.41) is 2.66. The molecule has 0 bridgehead atoms. The third-order valence-electron chi connectivity index (χ3n) is 3.69. The molecule has 6 nitrogen and oxygen atoms in total. The van der Waals surface area contributed by atoms with Gasteiger partial charge in [-0.2, -0.15) is 0 Å². The first-order chi connectivity index (χ1) is 13.2. The van der Waals surface area contributed by atoms with E-state index >= 15 is 0 Å². The molecule has 1 N–H and O–H groups in total. The van der Waals surface area contributed by atoms with Gasteiger partial charge >= 0.3 is 6.36 Å². The van der Waals surface area contributed by atoms with Crippen LogP contribution in [0.5, 0.6) is 11.5 Å². The fraction of sp³-hybridized carbons (Fsp3) is 0.263. The van der Waals surface area contributed by atoms with Crippen LogP contribution >= 0.6 is 0 Å². The number of likely N-dealkylation sites (N-methyl/N-ethyl adjacent to an activating group) is 1. The molecule has 0 aliphatic carbocycles. The minimum atomic E-state index is -4.81. The van der Waals surface area contributed by atoms with Crippen LogP contribution in [0.4, 0.5) is 18.9 Å². The molecule has 0 atom stereocenters. The average Bonchev–Trinajstić information content (AvgIpc) is 2.65. The fourth-order valence-electron chi connectivity index (χ4n) is 2.38. The van der Waals surface area contributed by atoms with Crippen LogP contribution in [0, 0.1) is 0 Å². The molecule has 0 aromatic heterocycles. The highest BCUT2D eigenvalue weighted by Gasteiger charge is 2.31. The van der Waals surface area contributed by atoms with E-state index in [4.69, 9.17) is 4.74 Å². The standard InChI is InChI=1S/C19H19F3N2O4/c1-3-24(12-17(25)23-14-5-4-6-16(11-14)27-2)18(26)13-7-9-15(10-8-13)28-19(20,21)22/h4-11H,3,12H2,1-2H3,(H,23,25). The van der Waals surface area contributed by atoms with E-state index < -0.39 is 23.9 Å². The number of alkyl halides is 3. The molecule has 2 aromatic carbocycles. The molecule has 150 valence electrons. The van der Waals surface area contributed by atoms with Crippen LogP contribution in [0.15, 0.2) is 48.5 Å². The highest BCUT2D eigenvalue weighted by molar-refractivity contribution is 5.99. The van der Waals surface area contributed by atoms with E-state index in [1.54, 1.807) is 31.2 Å². The smallest absolute Gasteiger partial charge is 0.497 e. The van der Waals surface area contributed by atoms with E-state index in [1.807, 2.05) is 0 Å². The normalized spacial score (nSPS) is 10.9. The SMILES string of the molecule is CCN(CC(=O)Nc1cccc(OC)c1)C(=O)c1ccc(OC(F)(F)F)cc1. The number of rotatable bonds is 7. The number of carbonyl (C=O) groups excluding carboxylic acids is 2. The van der Waals surface area contributed by atoms with Gasteiger partial charge in [-0.05, 0) is 43.3 Å². The van der Waals surface area contributed by atoms with Crippen molar-refractivity contribution in [3.8, 4) is 11.5 Å². The Balaban J connectivity index is 2.01. The molecule has 2 amide bonds. The third-order valence-corrected chi connectivity index (χ3v) is 3.69. The third kappa shape index (κ3) is 6.19. The van der Waals surface area contributed by atoms with Crippen molar-refractivity contribution in [1.82, 2.24) is 4.90 Å². The van der Waals surface area contributed by atoms with Crippen molar-refractivity contribution in [2.45, 2.75) is 13.3 Å². The van der Waals surface area contributed by atoms with Gasteiger partial charge in [-0.15, -0.1) is 13.2 Å². The van der Waals surface area contributed by atoms with Gasteiger partial charge in [-0.25, -0.2) is 0 Å². The molecule has 0 saturated carbocycles. The zero-order valence-corrected chi connectivity index (χ0v) is 15.2. The highest BCUT2D eigenvalue weighted by Crippen LogP contribution is 2.23. The Morgan fingerprint density at radius 2 is 1.75 bits per heavy atom. The van der Waals surface area contributed by atoms with Crippen LogP contribution < -0.4 is 14.8 Å². The van der Waals surface area contributed by atoms with Crippen molar-refractivity contribution in [1.29, 1.82) is 0 Å². The van der Waals surface area contributed by atoms with Gasteiger partial charge in [-0.1, -0.05) is 6.07 Å². The molecular formula is C19H19F3N2O4. The summed E-state index contributed by atoms with van der Waals surface area (Å²) in [6, 6.07) is 11.3. The number of hydrogen-bond acceptors (Lipinski definition) is 4. The number of nitrogens with zero attached hydrogens (tertiary/aromatic N) is 1. The Labute approximate surface area is 159 Å². The van der Waals surface area contributed by atoms with Crippen LogP contribution in [-0.2, 0) is 4.79 Å². The number of methoxy groups -OCH3 is 1. The van der Waals surface area contributed by atoms with Crippen LogP contribution in [0.25, 0.3) is 0 Å². The Kier molecular flexibility index (Phi) is 6.86. The van der Waals surface area contributed by atoms with Gasteiger partial charge in [0.2, 0.25) is 5.91 Å². The van der Waals surface area contributed by atoms with E-state index in [0.29, 0.717) is 11.4 Å². The highest BCUT2D eigenvalue weighted by atomic mass is 19.4. The monoisotopic (exact) mass is 396 g/mol. The molecule has 28 heavy (non-hydrogen) atoms. The van der Waals surface area contributed by atoms with Gasteiger partial charge < -0.3 is 19.7 Å². The number of carbonyl (C=O) groups is 2. The summed E-state index contributed by atoms with van der Waals surface area (Å²) < 4.78 is 45.5. The second-order valence-electron chi connectivity index (χ2n) is 5.67. The first kappa shape index (κ1) is 21.1. The van der Waals surface area contributed by atoms with Crippen LogP contribution in [0.3, 0.4) is 0 Å². The molecule has 0 spiro atoms. The summed E-state index contributed by atoms with van der Waals surface area (Å²) in [7, 11) is 1.50. The maximum absolute atomic E-state index is 12.5. The minimum absolute atomic E-state index is 0.144. The van der Waals surface area contributed by atoms with Gasteiger partial charge in [-0.3, -0.25) is 9.59 Å². The lowest BCUT2D eigenvalue weighted by Gasteiger charge is -2.20. The van der Waals surface area contributed by atoms with Crippen LogP contribution in [0.2, 0.25) is 0 Å². The zero-order valence-electron chi connectivity index (χ0n) is 15.2. The van der Waals surface area contributed by atoms with E-state index in [2.05, 4.69) is 10.1 Å². The minimum Gasteiger partial charge on any atom is -0.497 e. The van der Waals surface area contributed by atoms with Gasteiger partial charge in [0.25, 0.3) is 5.91 Å². The van der Waals surface area contributed by atoms with Gasteiger partial charge in [0.05, 0.1) is 7.11 Å². The molecule has 9 heteroatoms. The van der Waals surface area contributed by atoms with Crippen LogP contribution in [-0.4, -0.2) is 43.3 Å². The summed E-state index contributed by atoms with van der Waals surface area (Å²) in [6.45, 7) is 1.72. The first-order valence-electron chi connectivity index (χ1n) is 8.31. The van der Waals surface area contributed by atoms with Crippen molar-refractivity contribution in [2.75, 3.05) is 25.5 Å². The Morgan fingerprint density at radius 1 is 1.07 bits per heavy atom. The lowest BCUT2D eigenvalue weighted by atomic mass is 10.2. The second kappa shape index (κ2) is 9.12. The summed E-state index contributed by atoms with van der Waals surface area (Å²) in [5.74, 6) is -0.757. The van der Waals surface area contributed by atoms with Crippen molar-refractivity contribution in [2.24, 2.45) is 0 Å². The molecule has 0 aliphatic rings. The summed E-state index contributed by atoms with van der Waals surface area (Å²) in [6.07, 6.45) is -4.81. The van der Waals surface area contributed by atoms with Crippen LogP contribution in [0.1, 0.15) is 17.3 Å². The topological polar surface area (TPSA) is 67.9 Å². The average molecular weight is 396 g/mol. The van der Waals surface area contributed by atoms with Crippen molar-refractivity contribution >= 4 is 17.5 Å². The predicted octanol–water partition coefficient (Wildman–Crippen LogP) is 3.69. The molecule has 0 radical (unpaired) electrons. The van der Waals surface area contributed by atoms with Crippen molar-refractivity contribution < 1.29 is 32.2 Å². The number of amides is 2. The molecule has 0 unspecified atom stereocenters. The number of hydrogen-bond donors (Lipinski definition) is 1.